The summed E-state index contributed by atoms with van der Waals surface area (Å²) in [4.78, 5) is 11.9. The van der Waals surface area contributed by atoms with Crippen molar-refractivity contribution in [3.05, 3.63) is 82.9 Å². The highest BCUT2D eigenvalue weighted by Gasteiger charge is 1.99. The lowest BCUT2D eigenvalue weighted by molar-refractivity contribution is -0.114. The Bertz CT molecular complexity index is 621. The fourth-order valence-corrected chi connectivity index (χ4v) is 2.27. The third kappa shape index (κ3) is 5.39. The van der Waals surface area contributed by atoms with Gasteiger partial charge in [-0.25, -0.2) is 0 Å². The molecule has 2 aromatic rings. The van der Waals surface area contributed by atoms with E-state index < -0.39 is 0 Å². The van der Waals surface area contributed by atoms with Crippen molar-refractivity contribution in [1.29, 1.82) is 0 Å². The van der Waals surface area contributed by atoms with Gasteiger partial charge in [0.2, 0.25) is 0 Å². The summed E-state index contributed by atoms with van der Waals surface area (Å²) < 4.78 is 0. The highest BCUT2D eigenvalue weighted by molar-refractivity contribution is 5.89. The molecule has 0 heterocycles. The quantitative estimate of drug-likeness (QED) is 0.705. The Morgan fingerprint density at radius 3 is 2.43 bits per heavy atom. The van der Waals surface area contributed by atoms with Crippen LogP contribution in [0.2, 0.25) is 0 Å². The second-order valence-corrected chi connectivity index (χ2v) is 5.55. The van der Waals surface area contributed by atoms with Gasteiger partial charge in [0.05, 0.1) is 0 Å². The number of ketones is 1. The molecular formula is C20H22O. The highest BCUT2D eigenvalue weighted by atomic mass is 16.1. The predicted molar refractivity (Wildman–Crippen MR) is 88.5 cm³/mol. The second kappa shape index (κ2) is 7.58. The molecule has 0 saturated carbocycles. The molecule has 0 aromatic heterocycles. The summed E-state index contributed by atoms with van der Waals surface area (Å²) in [5.74, 6) is 0.198. The van der Waals surface area contributed by atoms with Crippen molar-refractivity contribution < 1.29 is 4.79 Å². The van der Waals surface area contributed by atoms with Gasteiger partial charge in [-0.15, -0.1) is 0 Å². The van der Waals surface area contributed by atoms with Gasteiger partial charge in [0, 0.05) is 6.42 Å². The van der Waals surface area contributed by atoms with Gasteiger partial charge in [-0.2, -0.15) is 0 Å². The van der Waals surface area contributed by atoms with Crippen LogP contribution in [0.15, 0.2) is 60.7 Å². The Morgan fingerprint density at radius 2 is 1.71 bits per heavy atom. The lowest BCUT2D eigenvalue weighted by atomic mass is 10.0. The normalized spacial score (nSPS) is 11.0. The first-order valence-electron chi connectivity index (χ1n) is 7.44. The van der Waals surface area contributed by atoms with Gasteiger partial charge in [0.15, 0.2) is 5.78 Å². The molecule has 21 heavy (non-hydrogen) atoms. The van der Waals surface area contributed by atoms with Crippen LogP contribution in [0.5, 0.6) is 0 Å². The van der Waals surface area contributed by atoms with Gasteiger partial charge in [-0.05, 0) is 43.9 Å². The number of hydrogen-bond donors (Lipinski definition) is 0. The minimum absolute atomic E-state index is 0.198. The number of allylic oxidation sites excluding steroid dienone is 2. The number of benzene rings is 2. The lowest BCUT2D eigenvalue weighted by Gasteiger charge is -2.00. The molecule has 0 spiro atoms. The molecule has 0 radical (unpaired) electrons. The minimum Gasteiger partial charge on any atom is -0.295 e. The molecular weight excluding hydrogens is 256 g/mol. The Kier molecular flexibility index (Phi) is 5.51. The summed E-state index contributed by atoms with van der Waals surface area (Å²) in [7, 11) is 0. The average molecular weight is 278 g/mol. The van der Waals surface area contributed by atoms with Crippen LogP contribution in [0.4, 0.5) is 0 Å². The van der Waals surface area contributed by atoms with Crippen molar-refractivity contribution in [2.75, 3.05) is 0 Å². The van der Waals surface area contributed by atoms with Gasteiger partial charge in [0.1, 0.15) is 0 Å². The van der Waals surface area contributed by atoms with E-state index in [-0.39, 0.29) is 5.78 Å². The first kappa shape index (κ1) is 15.2. The molecule has 0 fully saturated rings. The smallest absolute Gasteiger partial charge is 0.155 e. The lowest BCUT2D eigenvalue weighted by Crippen LogP contribution is -1.96. The molecule has 0 bridgehead atoms. The maximum absolute atomic E-state index is 11.9. The van der Waals surface area contributed by atoms with E-state index in [1.165, 1.54) is 22.3 Å². The predicted octanol–water partition coefficient (Wildman–Crippen LogP) is 4.60. The van der Waals surface area contributed by atoms with Crippen LogP contribution in [0.1, 0.15) is 28.7 Å². The first-order chi connectivity index (χ1) is 10.1. The van der Waals surface area contributed by atoms with Crippen LogP contribution in [-0.2, 0) is 17.6 Å². The largest absolute Gasteiger partial charge is 0.295 e. The molecule has 1 nitrogen and oxygen atoms in total. The molecule has 0 atom stereocenters. The third-order valence-electron chi connectivity index (χ3n) is 3.52. The second-order valence-electron chi connectivity index (χ2n) is 5.55. The fraction of sp³-hybridized carbons (Fsp3) is 0.250. The molecule has 1 heteroatoms. The van der Waals surface area contributed by atoms with Gasteiger partial charge >= 0.3 is 0 Å². The van der Waals surface area contributed by atoms with Gasteiger partial charge in [-0.1, -0.05) is 65.7 Å². The summed E-state index contributed by atoms with van der Waals surface area (Å²) in [5.41, 5.74) is 4.98. The van der Waals surface area contributed by atoms with Crippen LogP contribution in [0, 0.1) is 13.8 Å². The van der Waals surface area contributed by atoms with Crippen molar-refractivity contribution in [2.45, 2.75) is 33.1 Å². The van der Waals surface area contributed by atoms with Crippen molar-refractivity contribution in [3.63, 3.8) is 0 Å². The van der Waals surface area contributed by atoms with E-state index >= 15 is 0 Å². The maximum atomic E-state index is 11.9. The van der Waals surface area contributed by atoms with Crippen molar-refractivity contribution in [3.8, 4) is 0 Å². The third-order valence-corrected chi connectivity index (χ3v) is 3.52. The molecule has 0 amide bonds. The zero-order valence-electron chi connectivity index (χ0n) is 12.8. The van der Waals surface area contributed by atoms with Gasteiger partial charge in [-0.3, -0.25) is 4.79 Å². The molecule has 108 valence electrons. The van der Waals surface area contributed by atoms with Crippen molar-refractivity contribution >= 4 is 5.78 Å². The van der Waals surface area contributed by atoms with E-state index in [0.717, 1.165) is 12.8 Å². The van der Waals surface area contributed by atoms with Crippen LogP contribution >= 0.6 is 0 Å². The zero-order chi connectivity index (χ0) is 15.1. The number of aryl methyl sites for hydroxylation is 3. The number of hydrogen-bond acceptors (Lipinski definition) is 1. The molecule has 0 N–H and O–H groups in total. The van der Waals surface area contributed by atoms with Crippen LogP contribution in [0.25, 0.3) is 0 Å². The van der Waals surface area contributed by atoms with Crippen LogP contribution in [0.3, 0.4) is 0 Å². The molecule has 2 rings (SSSR count). The van der Waals surface area contributed by atoms with Crippen molar-refractivity contribution in [2.24, 2.45) is 0 Å². The van der Waals surface area contributed by atoms with E-state index in [2.05, 4.69) is 56.3 Å². The number of carbonyl (C=O) groups excluding carboxylic acids is 1. The van der Waals surface area contributed by atoms with E-state index in [4.69, 9.17) is 0 Å². The van der Waals surface area contributed by atoms with E-state index in [1.807, 2.05) is 12.1 Å². The minimum atomic E-state index is 0.198. The molecule has 0 unspecified atom stereocenters. The Labute approximate surface area is 127 Å². The molecule has 0 aliphatic heterocycles. The number of rotatable bonds is 6. The molecule has 0 aliphatic rings. The summed E-state index contributed by atoms with van der Waals surface area (Å²) in [6.07, 6.45) is 5.89. The van der Waals surface area contributed by atoms with E-state index in [9.17, 15) is 4.79 Å². The molecule has 0 saturated heterocycles. The van der Waals surface area contributed by atoms with E-state index in [1.54, 1.807) is 6.08 Å². The Morgan fingerprint density at radius 1 is 0.952 bits per heavy atom. The Balaban J connectivity index is 1.79. The zero-order valence-corrected chi connectivity index (χ0v) is 12.8. The topological polar surface area (TPSA) is 17.1 Å². The van der Waals surface area contributed by atoms with Crippen molar-refractivity contribution in [1.82, 2.24) is 0 Å². The summed E-state index contributed by atoms with van der Waals surface area (Å²) >= 11 is 0. The van der Waals surface area contributed by atoms with Crippen LogP contribution < -0.4 is 0 Å². The molecule has 0 aliphatic carbocycles. The maximum Gasteiger partial charge on any atom is 0.155 e. The first-order valence-corrected chi connectivity index (χ1v) is 7.44. The van der Waals surface area contributed by atoms with Gasteiger partial charge in [0.25, 0.3) is 0 Å². The molecule has 2 aromatic carbocycles. The SMILES string of the molecule is Cc1ccc(C/C=C\C(=O)CCc2cccc(C)c2)cc1. The summed E-state index contributed by atoms with van der Waals surface area (Å²) in [5, 5.41) is 0. The Hall–Kier alpha value is -2.15. The number of carbonyl (C=O) groups is 1. The highest BCUT2D eigenvalue weighted by Crippen LogP contribution is 2.08. The van der Waals surface area contributed by atoms with Crippen LogP contribution in [-0.4, -0.2) is 5.78 Å². The van der Waals surface area contributed by atoms with Gasteiger partial charge < -0.3 is 0 Å². The van der Waals surface area contributed by atoms with E-state index in [0.29, 0.717) is 6.42 Å². The monoisotopic (exact) mass is 278 g/mol. The summed E-state index contributed by atoms with van der Waals surface area (Å²) in [6.45, 7) is 4.15. The average Bonchev–Trinajstić information content (AvgIpc) is 2.47. The fourth-order valence-electron chi connectivity index (χ4n) is 2.27. The standard InChI is InChI=1S/C20H22O/c1-16-9-11-18(12-10-16)6-4-8-20(21)14-13-19-7-3-5-17(2)15-19/h3-5,7-12,15H,6,13-14H2,1-2H3/b8-4-. The summed E-state index contributed by atoms with van der Waals surface area (Å²) in [6, 6.07) is 16.8.